The lowest BCUT2D eigenvalue weighted by atomic mass is 10.2. The average Bonchev–Trinajstić information content (AvgIpc) is 2.19. The van der Waals surface area contributed by atoms with Gasteiger partial charge >= 0.3 is 0 Å². The molecule has 1 aromatic carbocycles. The van der Waals surface area contributed by atoms with Gasteiger partial charge in [-0.05, 0) is 38.0 Å². The van der Waals surface area contributed by atoms with Crippen molar-refractivity contribution >= 4 is 10.8 Å². The van der Waals surface area contributed by atoms with E-state index in [1.807, 2.05) is 39.0 Å². The lowest BCUT2D eigenvalue weighted by Crippen LogP contribution is -2.22. The fraction of sp³-hybridized carbons (Fsp3) is 0.455. The Morgan fingerprint density at radius 2 is 2.07 bits per heavy atom. The van der Waals surface area contributed by atoms with Crippen LogP contribution in [0.25, 0.3) is 0 Å². The van der Waals surface area contributed by atoms with E-state index in [0.717, 1.165) is 16.0 Å². The van der Waals surface area contributed by atoms with Gasteiger partial charge in [-0.15, -0.1) is 0 Å². The van der Waals surface area contributed by atoms with Crippen molar-refractivity contribution in [2.75, 3.05) is 6.54 Å². The lowest BCUT2D eigenvalue weighted by molar-refractivity contribution is 0.672. The van der Waals surface area contributed by atoms with Gasteiger partial charge in [-0.25, -0.2) is 0 Å². The fourth-order valence-electron chi connectivity index (χ4n) is 1.23. The summed E-state index contributed by atoms with van der Waals surface area (Å²) in [5.41, 5.74) is 7.73. The molecule has 78 valence electrons. The summed E-state index contributed by atoms with van der Waals surface area (Å²) in [6.07, 6.45) is 0. The molecular formula is C11H17NOS. The molecule has 0 radical (unpaired) electrons. The summed E-state index contributed by atoms with van der Waals surface area (Å²) in [6.45, 7) is 6.36. The van der Waals surface area contributed by atoms with Crippen molar-refractivity contribution in [3.05, 3.63) is 29.3 Å². The fourth-order valence-corrected chi connectivity index (χ4v) is 2.52. The zero-order chi connectivity index (χ0) is 10.7. The van der Waals surface area contributed by atoms with Crippen LogP contribution < -0.4 is 5.73 Å². The molecule has 0 aliphatic carbocycles. The Kier molecular flexibility index (Phi) is 3.84. The second kappa shape index (κ2) is 4.71. The van der Waals surface area contributed by atoms with E-state index in [4.69, 9.17) is 5.73 Å². The number of hydrogen-bond acceptors (Lipinski definition) is 2. The Morgan fingerprint density at radius 1 is 1.43 bits per heavy atom. The molecule has 1 rings (SSSR count). The number of aryl methyl sites for hydroxylation is 2. The number of nitrogens with two attached hydrogens (primary N) is 1. The molecule has 0 aliphatic rings. The van der Waals surface area contributed by atoms with Crippen molar-refractivity contribution in [2.45, 2.75) is 30.9 Å². The maximum atomic E-state index is 12.0. The van der Waals surface area contributed by atoms with E-state index in [0.29, 0.717) is 6.54 Å². The minimum atomic E-state index is -0.975. The topological polar surface area (TPSA) is 43.1 Å². The smallest absolute Gasteiger partial charge is 0.0573 e. The Balaban J connectivity index is 3.06. The predicted molar refractivity (Wildman–Crippen MR) is 60.8 cm³/mol. The minimum Gasteiger partial charge on any atom is -0.329 e. The van der Waals surface area contributed by atoms with Crippen molar-refractivity contribution in [2.24, 2.45) is 5.73 Å². The highest BCUT2D eigenvalue weighted by molar-refractivity contribution is 7.85. The standard InChI is InChI=1S/C11H17NOS/c1-8-4-5-9(2)11(6-8)14(13)10(3)7-12/h4-6,10H,7,12H2,1-3H3. The van der Waals surface area contributed by atoms with E-state index in [2.05, 4.69) is 0 Å². The van der Waals surface area contributed by atoms with Crippen molar-refractivity contribution < 1.29 is 4.21 Å². The molecule has 0 amide bonds. The molecule has 0 fully saturated rings. The highest BCUT2D eigenvalue weighted by Crippen LogP contribution is 2.17. The highest BCUT2D eigenvalue weighted by atomic mass is 32.2. The van der Waals surface area contributed by atoms with Crippen LogP contribution >= 0.6 is 0 Å². The lowest BCUT2D eigenvalue weighted by Gasteiger charge is -2.11. The van der Waals surface area contributed by atoms with Crippen LogP contribution in [0.5, 0.6) is 0 Å². The highest BCUT2D eigenvalue weighted by Gasteiger charge is 2.13. The van der Waals surface area contributed by atoms with Crippen LogP contribution in [0.3, 0.4) is 0 Å². The van der Waals surface area contributed by atoms with Crippen molar-refractivity contribution in [1.29, 1.82) is 0 Å². The van der Waals surface area contributed by atoms with E-state index < -0.39 is 10.8 Å². The van der Waals surface area contributed by atoms with Crippen molar-refractivity contribution in [1.82, 2.24) is 0 Å². The van der Waals surface area contributed by atoms with Gasteiger partial charge in [0.1, 0.15) is 0 Å². The summed E-state index contributed by atoms with van der Waals surface area (Å²) < 4.78 is 12.0. The normalized spacial score (nSPS) is 15.1. The van der Waals surface area contributed by atoms with Crippen LogP contribution in [0, 0.1) is 13.8 Å². The van der Waals surface area contributed by atoms with Gasteiger partial charge in [-0.1, -0.05) is 12.1 Å². The number of hydrogen-bond donors (Lipinski definition) is 1. The third-order valence-corrected chi connectivity index (χ3v) is 4.05. The zero-order valence-electron chi connectivity index (χ0n) is 8.91. The maximum absolute atomic E-state index is 12.0. The molecular weight excluding hydrogens is 194 g/mol. The van der Waals surface area contributed by atoms with Gasteiger partial charge < -0.3 is 5.73 Å². The molecule has 0 spiro atoms. The Labute approximate surface area is 88.0 Å². The van der Waals surface area contributed by atoms with Gasteiger partial charge in [0.05, 0.1) is 10.8 Å². The molecule has 0 aromatic heterocycles. The number of benzene rings is 1. The van der Waals surface area contributed by atoms with Gasteiger partial charge in [0.15, 0.2) is 0 Å². The van der Waals surface area contributed by atoms with Crippen molar-refractivity contribution in [3.63, 3.8) is 0 Å². The van der Waals surface area contributed by atoms with Gasteiger partial charge in [0.2, 0.25) is 0 Å². The quantitative estimate of drug-likeness (QED) is 0.828. The van der Waals surface area contributed by atoms with Gasteiger partial charge in [-0.2, -0.15) is 0 Å². The summed E-state index contributed by atoms with van der Waals surface area (Å²) >= 11 is 0. The third kappa shape index (κ3) is 2.42. The second-order valence-electron chi connectivity index (χ2n) is 3.61. The van der Waals surface area contributed by atoms with Crippen molar-refractivity contribution in [3.8, 4) is 0 Å². The van der Waals surface area contributed by atoms with Crippen LogP contribution in [0.4, 0.5) is 0 Å². The molecule has 14 heavy (non-hydrogen) atoms. The first-order chi connectivity index (χ1) is 6.56. The summed E-state index contributed by atoms with van der Waals surface area (Å²) in [4.78, 5) is 0.919. The second-order valence-corrected chi connectivity index (χ2v) is 5.45. The molecule has 0 saturated carbocycles. The molecule has 0 heterocycles. The van der Waals surface area contributed by atoms with Crippen LogP contribution in [-0.4, -0.2) is 16.0 Å². The molecule has 2 nitrogen and oxygen atoms in total. The summed E-state index contributed by atoms with van der Waals surface area (Å²) in [5.74, 6) is 0. The Morgan fingerprint density at radius 3 is 2.64 bits per heavy atom. The van der Waals surface area contributed by atoms with Gasteiger partial charge in [0.25, 0.3) is 0 Å². The molecule has 0 bridgehead atoms. The first kappa shape index (κ1) is 11.4. The summed E-state index contributed by atoms with van der Waals surface area (Å²) in [6, 6.07) is 6.02. The predicted octanol–water partition coefficient (Wildman–Crippen LogP) is 1.76. The monoisotopic (exact) mass is 211 g/mol. The minimum absolute atomic E-state index is 0.0236. The Hall–Kier alpha value is -0.670. The molecule has 2 atom stereocenters. The zero-order valence-corrected chi connectivity index (χ0v) is 9.73. The van der Waals surface area contributed by atoms with Gasteiger partial charge in [0, 0.05) is 16.7 Å². The SMILES string of the molecule is Cc1ccc(C)c(S(=O)C(C)CN)c1. The number of rotatable bonds is 3. The molecule has 1 aromatic rings. The summed E-state index contributed by atoms with van der Waals surface area (Å²) in [5, 5.41) is 0.0236. The average molecular weight is 211 g/mol. The molecule has 2 N–H and O–H groups in total. The van der Waals surface area contributed by atoms with Gasteiger partial charge in [-0.3, -0.25) is 4.21 Å². The van der Waals surface area contributed by atoms with Crippen LogP contribution in [0.15, 0.2) is 23.1 Å². The Bertz CT molecular complexity index is 349. The van der Waals surface area contributed by atoms with E-state index in [-0.39, 0.29) is 5.25 Å². The molecule has 0 aliphatic heterocycles. The van der Waals surface area contributed by atoms with Crippen LogP contribution in [0.1, 0.15) is 18.1 Å². The largest absolute Gasteiger partial charge is 0.329 e. The summed E-state index contributed by atoms with van der Waals surface area (Å²) in [7, 11) is -0.975. The molecule has 2 unspecified atom stereocenters. The maximum Gasteiger partial charge on any atom is 0.0573 e. The van der Waals surface area contributed by atoms with E-state index in [1.165, 1.54) is 0 Å². The van der Waals surface area contributed by atoms with E-state index in [9.17, 15) is 4.21 Å². The first-order valence-corrected chi connectivity index (χ1v) is 5.95. The van der Waals surface area contributed by atoms with E-state index in [1.54, 1.807) is 0 Å². The molecule has 3 heteroatoms. The van der Waals surface area contributed by atoms with Crippen LogP contribution in [0.2, 0.25) is 0 Å². The first-order valence-electron chi connectivity index (χ1n) is 4.74. The molecule has 0 saturated heterocycles. The van der Waals surface area contributed by atoms with Crippen LogP contribution in [-0.2, 0) is 10.8 Å². The van der Waals surface area contributed by atoms with E-state index >= 15 is 0 Å². The third-order valence-electron chi connectivity index (χ3n) is 2.26.